The number of hydrogen-bond acceptors (Lipinski definition) is 1. The van der Waals surface area contributed by atoms with Gasteiger partial charge in [-0.25, -0.2) is 0 Å². The molecule has 0 aliphatic carbocycles. The van der Waals surface area contributed by atoms with Crippen molar-refractivity contribution >= 4 is 40.0 Å². The summed E-state index contributed by atoms with van der Waals surface area (Å²) in [5, 5.41) is 0.115. The van der Waals surface area contributed by atoms with Gasteiger partial charge in [0.2, 0.25) is 0 Å². The van der Waals surface area contributed by atoms with Crippen molar-refractivity contribution in [2.45, 2.75) is 6.18 Å². The number of halogens is 5. The van der Waals surface area contributed by atoms with Crippen LogP contribution in [-0.2, 0) is 0 Å². The highest BCUT2D eigenvalue weighted by Gasteiger charge is 2.39. The normalized spacial score (nSPS) is 11.5. The molecular weight excluding hydrogens is 331 g/mol. The van der Waals surface area contributed by atoms with Gasteiger partial charge in [0.15, 0.2) is 0 Å². The van der Waals surface area contributed by atoms with Crippen LogP contribution in [0.3, 0.4) is 0 Å². The fraction of sp³-hybridized carbons (Fsp3) is 0.125. The molecule has 0 N–H and O–H groups in total. The molecule has 0 aromatic heterocycles. The van der Waals surface area contributed by atoms with E-state index in [1.165, 1.54) is 6.07 Å². The maximum absolute atomic E-state index is 12.0. The third kappa shape index (κ3) is 2.84. The Morgan fingerprint density at radius 1 is 1.29 bits per heavy atom. The Hall–Kier alpha value is -0.300. The predicted molar refractivity (Wildman–Crippen MR) is 54.6 cm³/mol. The van der Waals surface area contributed by atoms with Crippen molar-refractivity contribution in [2.75, 3.05) is 0 Å². The average Bonchev–Trinajstić information content (AvgIpc) is 1.99. The van der Waals surface area contributed by atoms with Crippen molar-refractivity contribution in [2.24, 2.45) is 0 Å². The van der Waals surface area contributed by atoms with E-state index in [-0.39, 0.29) is 5.02 Å². The van der Waals surface area contributed by atoms with Crippen LogP contribution in [0.15, 0.2) is 18.2 Å². The van der Waals surface area contributed by atoms with E-state index in [0.29, 0.717) is 3.57 Å². The van der Waals surface area contributed by atoms with Crippen LogP contribution in [0.4, 0.5) is 13.2 Å². The second kappa shape index (κ2) is 4.06. The van der Waals surface area contributed by atoms with Gasteiger partial charge in [-0.3, -0.25) is 4.79 Å². The lowest BCUT2D eigenvalue weighted by Crippen LogP contribution is -2.22. The molecule has 0 aliphatic heterocycles. The third-order valence-corrected chi connectivity index (χ3v) is 2.22. The second-order valence-corrected chi connectivity index (χ2v) is 4.17. The van der Waals surface area contributed by atoms with Crippen molar-refractivity contribution in [3.05, 3.63) is 32.4 Å². The van der Waals surface area contributed by atoms with Crippen LogP contribution in [0.2, 0.25) is 5.02 Å². The van der Waals surface area contributed by atoms with Crippen LogP contribution >= 0.6 is 34.2 Å². The zero-order valence-electron chi connectivity index (χ0n) is 6.53. The Kier molecular flexibility index (Phi) is 3.41. The predicted octanol–water partition coefficient (Wildman–Crippen LogP) is 3.69. The topological polar surface area (TPSA) is 17.1 Å². The van der Waals surface area contributed by atoms with Gasteiger partial charge >= 0.3 is 6.18 Å². The number of alkyl halides is 3. The summed E-state index contributed by atoms with van der Waals surface area (Å²) in [5.41, 5.74) is -0.436. The Morgan fingerprint density at radius 3 is 2.29 bits per heavy atom. The number of carbonyl (C=O) groups is 1. The largest absolute Gasteiger partial charge is 0.454 e. The molecule has 1 aromatic carbocycles. The lowest BCUT2D eigenvalue weighted by molar-refractivity contribution is -0.0885. The van der Waals surface area contributed by atoms with Crippen molar-refractivity contribution in [1.29, 1.82) is 0 Å². The molecule has 0 unspecified atom stereocenters. The molecule has 14 heavy (non-hydrogen) atoms. The summed E-state index contributed by atoms with van der Waals surface area (Å²) in [6.07, 6.45) is -4.85. The van der Waals surface area contributed by atoms with E-state index in [1.54, 1.807) is 22.6 Å². The Balaban J connectivity index is 3.14. The lowest BCUT2D eigenvalue weighted by atomic mass is 10.1. The van der Waals surface area contributed by atoms with Gasteiger partial charge in [0.1, 0.15) is 0 Å². The van der Waals surface area contributed by atoms with Crippen LogP contribution in [0.25, 0.3) is 0 Å². The first-order valence-corrected chi connectivity index (χ1v) is 4.84. The minimum atomic E-state index is -4.85. The Bertz CT molecular complexity index is 355. The van der Waals surface area contributed by atoms with Crippen LogP contribution in [-0.4, -0.2) is 12.0 Å². The van der Waals surface area contributed by atoms with Gasteiger partial charge in [-0.2, -0.15) is 13.2 Å². The summed E-state index contributed by atoms with van der Waals surface area (Å²) in [6, 6.07) is 3.61. The number of carbonyl (C=O) groups excluding carboxylic acids is 1. The van der Waals surface area contributed by atoms with Gasteiger partial charge in [0, 0.05) is 14.2 Å². The van der Waals surface area contributed by atoms with E-state index in [1.807, 2.05) is 0 Å². The van der Waals surface area contributed by atoms with Gasteiger partial charge in [-0.05, 0) is 40.8 Å². The molecule has 1 nitrogen and oxygen atoms in total. The first-order valence-electron chi connectivity index (χ1n) is 3.38. The zero-order valence-corrected chi connectivity index (χ0v) is 9.44. The number of rotatable bonds is 1. The molecule has 0 bridgehead atoms. The standard InChI is InChI=1S/C8H3ClF3IO/c9-5-1-4(2-6(13)3-5)7(14)8(10,11)12/h1-3H. The van der Waals surface area contributed by atoms with Crippen molar-refractivity contribution in [3.63, 3.8) is 0 Å². The Morgan fingerprint density at radius 2 is 1.86 bits per heavy atom. The fourth-order valence-corrected chi connectivity index (χ4v) is 1.94. The number of hydrogen-bond donors (Lipinski definition) is 0. The van der Waals surface area contributed by atoms with Gasteiger partial charge in [-0.15, -0.1) is 0 Å². The van der Waals surface area contributed by atoms with Crippen molar-refractivity contribution < 1.29 is 18.0 Å². The van der Waals surface area contributed by atoms with Crippen molar-refractivity contribution in [3.8, 4) is 0 Å². The summed E-state index contributed by atoms with van der Waals surface area (Å²) in [4.78, 5) is 10.8. The minimum Gasteiger partial charge on any atom is -0.284 e. The minimum absolute atomic E-state index is 0.115. The molecule has 1 rings (SSSR count). The van der Waals surface area contributed by atoms with Crippen LogP contribution in [0.1, 0.15) is 10.4 Å². The highest BCUT2D eigenvalue weighted by atomic mass is 127. The lowest BCUT2D eigenvalue weighted by Gasteiger charge is -2.05. The average molecular weight is 334 g/mol. The zero-order chi connectivity index (χ0) is 10.9. The molecule has 0 aliphatic rings. The van der Waals surface area contributed by atoms with Gasteiger partial charge in [-0.1, -0.05) is 11.6 Å². The summed E-state index contributed by atoms with van der Waals surface area (Å²) in [5.74, 6) is -1.88. The van der Waals surface area contributed by atoms with Gasteiger partial charge in [0.05, 0.1) is 0 Å². The summed E-state index contributed by atoms with van der Waals surface area (Å²) < 4.78 is 36.5. The summed E-state index contributed by atoms with van der Waals surface area (Å²) >= 11 is 7.31. The van der Waals surface area contributed by atoms with E-state index in [2.05, 4.69) is 0 Å². The number of Topliss-reactive ketones (excluding diaryl/α,β-unsaturated/α-hetero) is 1. The van der Waals surface area contributed by atoms with Crippen LogP contribution < -0.4 is 0 Å². The molecule has 0 fully saturated rings. The first kappa shape index (κ1) is 11.8. The second-order valence-electron chi connectivity index (χ2n) is 2.49. The monoisotopic (exact) mass is 334 g/mol. The third-order valence-electron chi connectivity index (χ3n) is 1.38. The maximum atomic E-state index is 12.0. The van der Waals surface area contributed by atoms with E-state index in [4.69, 9.17) is 11.6 Å². The van der Waals surface area contributed by atoms with E-state index in [0.717, 1.165) is 12.1 Å². The molecule has 0 heterocycles. The van der Waals surface area contributed by atoms with E-state index in [9.17, 15) is 18.0 Å². The highest BCUT2D eigenvalue weighted by molar-refractivity contribution is 14.1. The van der Waals surface area contributed by atoms with Crippen LogP contribution in [0, 0.1) is 3.57 Å². The first-order chi connectivity index (χ1) is 6.30. The molecule has 0 amide bonds. The van der Waals surface area contributed by atoms with E-state index >= 15 is 0 Å². The smallest absolute Gasteiger partial charge is 0.284 e. The highest BCUT2D eigenvalue weighted by Crippen LogP contribution is 2.24. The fourth-order valence-electron chi connectivity index (χ4n) is 0.849. The summed E-state index contributed by atoms with van der Waals surface area (Å²) in [6.45, 7) is 0. The SMILES string of the molecule is O=C(c1cc(Cl)cc(I)c1)C(F)(F)F. The molecule has 1 aromatic rings. The van der Waals surface area contributed by atoms with Gasteiger partial charge in [0.25, 0.3) is 5.78 Å². The number of ketones is 1. The van der Waals surface area contributed by atoms with E-state index < -0.39 is 17.5 Å². The van der Waals surface area contributed by atoms with Crippen molar-refractivity contribution in [1.82, 2.24) is 0 Å². The Labute approximate surface area is 96.4 Å². The number of benzene rings is 1. The molecule has 6 heteroatoms. The molecule has 0 saturated carbocycles. The quantitative estimate of drug-likeness (QED) is 0.565. The molecule has 0 spiro atoms. The molecular formula is C8H3ClF3IO. The molecule has 0 radical (unpaired) electrons. The molecule has 0 atom stereocenters. The summed E-state index contributed by atoms with van der Waals surface area (Å²) in [7, 11) is 0. The maximum Gasteiger partial charge on any atom is 0.454 e. The molecule has 0 saturated heterocycles. The molecule has 76 valence electrons. The van der Waals surface area contributed by atoms with Crippen LogP contribution in [0.5, 0.6) is 0 Å². The van der Waals surface area contributed by atoms with Gasteiger partial charge < -0.3 is 0 Å².